The number of Topliss-reactive ketones (excluding diaryl/α,β-unsaturated/α-hetero) is 1. The first kappa shape index (κ1) is 14.6. The van der Waals surface area contributed by atoms with Gasteiger partial charge in [-0.2, -0.15) is 0 Å². The zero-order valence-corrected chi connectivity index (χ0v) is 12.1. The fraction of sp³-hybridized carbons (Fsp3) is 0.562. The summed E-state index contributed by atoms with van der Waals surface area (Å²) < 4.78 is 18.3. The molecule has 21 heavy (non-hydrogen) atoms. The summed E-state index contributed by atoms with van der Waals surface area (Å²) in [5, 5.41) is 0. The summed E-state index contributed by atoms with van der Waals surface area (Å²) in [5.74, 6) is -0.238. The number of ether oxygens (including phenoxy) is 1. The molecule has 2 saturated heterocycles. The first-order chi connectivity index (χ1) is 10.2. The van der Waals surface area contributed by atoms with Crippen LogP contribution in [0.3, 0.4) is 0 Å². The molecular weight excluding hydrogens is 271 g/mol. The van der Waals surface area contributed by atoms with E-state index in [4.69, 9.17) is 4.74 Å². The van der Waals surface area contributed by atoms with Gasteiger partial charge in [0.15, 0.2) is 5.78 Å². The third-order valence-electron chi connectivity index (χ3n) is 4.34. The normalized spacial score (nSPS) is 24.3. The number of halogens is 1. The van der Waals surface area contributed by atoms with Crippen LogP contribution in [0, 0.1) is 5.82 Å². The predicted molar refractivity (Wildman–Crippen MR) is 78.0 cm³/mol. The highest BCUT2D eigenvalue weighted by molar-refractivity contribution is 5.97. The van der Waals surface area contributed by atoms with Crippen molar-refractivity contribution in [3.63, 3.8) is 0 Å². The lowest BCUT2D eigenvalue weighted by molar-refractivity contribution is 0.0185. The van der Waals surface area contributed by atoms with Crippen LogP contribution in [0.4, 0.5) is 4.39 Å². The van der Waals surface area contributed by atoms with Crippen molar-refractivity contribution < 1.29 is 13.9 Å². The van der Waals surface area contributed by atoms with Crippen LogP contribution in [0.15, 0.2) is 24.3 Å². The predicted octanol–water partition coefficient (Wildman–Crippen LogP) is 1.41. The van der Waals surface area contributed by atoms with Gasteiger partial charge < -0.3 is 4.74 Å². The zero-order valence-electron chi connectivity index (χ0n) is 12.1. The van der Waals surface area contributed by atoms with Crippen LogP contribution in [-0.4, -0.2) is 67.6 Å². The average Bonchev–Trinajstić information content (AvgIpc) is 2.97. The monoisotopic (exact) mass is 292 g/mol. The van der Waals surface area contributed by atoms with E-state index in [0.717, 1.165) is 45.8 Å². The van der Waals surface area contributed by atoms with Gasteiger partial charge in [0.25, 0.3) is 0 Å². The molecule has 0 saturated carbocycles. The second-order valence-corrected chi connectivity index (χ2v) is 5.76. The molecule has 1 unspecified atom stereocenters. The summed E-state index contributed by atoms with van der Waals surface area (Å²) in [6.45, 7) is 5.92. The third kappa shape index (κ3) is 3.67. The molecule has 114 valence electrons. The van der Waals surface area contributed by atoms with E-state index in [1.807, 2.05) is 0 Å². The van der Waals surface area contributed by atoms with E-state index in [0.29, 0.717) is 18.2 Å². The molecule has 3 rings (SSSR count). The maximum absolute atomic E-state index is 12.9. The van der Waals surface area contributed by atoms with Crippen LogP contribution in [0.5, 0.6) is 0 Å². The average molecular weight is 292 g/mol. The largest absolute Gasteiger partial charge is 0.379 e. The molecule has 0 aliphatic carbocycles. The van der Waals surface area contributed by atoms with Gasteiger partial charge in [0.1, 0.15) is 5.82 Å². The van der Waals surface area contributed by atoms with Crippen molar-refractivity contribution in [3.05, 3.63) is 35.6 Å². The van der Waals surface area contributed by atoms with Crippen LogP contribution in [0.25, 0.3) is 0 Å². The van der Waals surface area contributed by atoms with Gasteiger partial charge >= 0.3 is 0 Å². The maximum atomic E-state index is 12.9. The second kappa shape index (κ2) is 6.64. The van der Waals surface area contributed by atoms with E-state index in [9.17, 15) is 9.18 Å². The summed E-state index contributed by atoms with van der Waals surface area (Å²) in [5.41, 5.74) is 0.589. The summed E-state index contributed by atoms with van der Waals surface area (Å²) in [6, 6.07) is 6.34. The molecule has 2 fully saturated rings. The van der Waals surface area contributed by atoms with Crippen molar-refractivity contribution in [3.8, 4) is 0 Å². The lowest BCUT2D eigenvalue weighted by Gasteiger charge is -2.32. The standard InChI is InChI=1S/C16H21FN2O2/c17-14-3-1-13(2-4-14)16(20)12-18-6-5-15(11-18)19-7-9-21-10-8-19/h1-4,15H,5-12H2. The molecule has 2 aliphatic heterocycles. The van der Waals surface area contributed by atoms with E-state index < -0.39 is 0 Å². The van der Waals surface area contributed by atoms with Gasteiger partial charge in [-0.05, 0) is 30.7 Å². The molecule has 1 aromatic carbocycles. The Bertz CT molecular complexity index is 486. The molecule has 0 spiro atoms. The minimum absolute atomic E-state index is 0.0672. The molecule has 2 heterocycles. The zero-order chi connectivity index (χ0) is 14.7. The Morgan fingerprint density at radius 1 is 1.19 bits per heavy atom. The molecule has 0 amide bonds. The van der Waals surface area contributed by atoms with Gasteiger partial charge in [0.2, 0.25) is 0 Å². The number of ketones is 1. The summed E-state index contributed by atoms with van der Waals surface area (Å²) in [4.78, 5) is 16.9. The quantitative estimate of drug-likeness (QED) is 0.786. The Morgan fingerprint density at radius 3 is 2.62 bits per heavy atom. The number of morpholine rings is 1. The Kier molecular flexibility index (Phi) is 4.63. The fourth-order valence-electron chi connectivity index (χ4n) is 3.13. The van der Waals surface area contributed by atoms with Crippen LogP contribution < -0.4 is 0 Å². The Labute approximate surface area is 124 Å². The van der Waals surface area contributed by atoms with Gasteiger partial charge in [-0.3, -0.25) is 14.6 Å². The van der Waals surface area contributed by atoms with Crippen molar-refractivity contribution in [2.24, 2.45) is 0 Å². The summed E-state index contributed by atoms with van der Waals surface area (Å²) >= 11 is 0. The van der Waals surface area contributed by atoms with E-state index in [1.165, 1.54) is 12.1 Å². The molecule has 0 aromatic heterocycles. The minimum Gasteiger partial charge on any atom is -0.379 e. The lowest BCUT2D eigenvalue weighted by atomic mass is 10.1. The van der Waals surface area contributed by atoms with Crippen LogP contribution in [0.1, 0.15) is 16.8 Å². The number of likely N-dealkylation sites (tertiary alicyclic amines) is 1. The van der Waals surface area contributed by atoms with Crippen LogP contribution in [0.2, 0.25) is 0 Å². The number of nitrogens with zero attached hydrogens (tertiary/aromatic N) is 2. The number of hydrogen-bond donors (Lipinski definition) is 0. The summed E-state index contributed by atoms with van der Waals surface area (Å²) in [7, 11) is 0. The SMILES string of the molecule is O=C(CN1CCC(N2CCOCC2)C1)c1ccc(F)cc1. The number of hydrogen-bond acceptors (Lipinski definition) is 4. The maximum Gasteiger partial charge on any atom is 0.176 e. The van der Waals surface area contributed by atoms with Crippen molar-refractivity contribution >= 4 is 5.78 Å². The highest BCUT2D eigenvalue weighted by Crippen LogP contribution is 2.17. The highest BCUT2D eigenvalue weighted by Gasteiger charge is 2.29. The number of benzene rings is 1. The van der Waals surface area contributed by atoms with Crippen molar-refractivity contribution in [1.29, 1.82) is 0 Å². The van der Waals surface area contributed by atoms with Gasteiger partial charge in [-0.1, -0.05) is 0 Å². The second-order valence-electron chi connectivity index (χ2n) is 5.76. The van der Waals surface area contributed by atoms with Crippen molar-refractivity contribution in [1.82, 2.24) is 9.80 Å². The lowest BCUT2D eigenvalue weighted by Crippen LogP contribution is -2.45. The number of carbonyl (C=O) groups is 1. The molecule has 0 radical (unpaired) electrons. The smallest absolute Gasteiger partial charge is 0.176 e. The van der Waals surface area contributed by atoms with Gasteiger partial charge in [-0.25, -0.2) is 4.39 Å². The van der Waals surface area contributed by atoms with Gasteiger partial charge in [-0.15, -0.1) is 0 Å². The molecular formula is C16H21FN2O2. The Balaban J connectivity index is 1.52. The number of carbonyl (C=O) groups excluding carboxylic acids is 1. The number of rotatable bonds is 4. The first-order valence-corrected chi connectivity index (χ1v) is 7.55. The molecule has 0 bridgehead atoms. The Hall–Kier alpha value is -1.30. The van der Waals surface area contributed by atoms with E-state index in [-0.39, 0.29) is 11.6 Å². The molecule has 1 atom stereocenters. The molecule has 1 aromatic rings. The van der Waals surface area contributed by atoms with Gasteiger partial charge in [0, 0.05) is 37.8 Å². The summed E-state index contributed by atoms with van der Waals surface area (Å²) in [6.07, 6.45) is 1.11. The first-order valence-electron chi connectivity index (χ1n) is 7.55. The fourth-order valence-corrected chi connectivity index (χ4v) is 3.13. The van der Waals surface area contributed by atoms with E-state index in [2.05, 4.69) is 9.80 Å². The van der Waals surface area contributed by atoms with Crippen LogP contribution in [-0.2, 0) is 4.74 Å². The molecule has 2 aliphatic rings. The Morgan fingerprint density at radius 2 is 1.90 bits per heavy atom. The van der Waals surface area contributed by atoms with Crippen molar-refractivity contribution in [2.75, 3.05) is 45.9 Å². The topological polar surface area (TPSA) is 32.8 Å². The van der Waals surface area contributed by atoms with Crippen LogP contribution >= 0.6 is 0 Å². The molecule has 4 nitrogen and oxygen atoms in total. The minimum atomic E-state index is -0.305. The molecule has 0 N–H and O–H groups in total. The van der Waals surface area contributed by atoms with E-state index in [1.54, 1.807) is 12.1 Å². The van der Waals surface area contributed by atoms with Crippen molar-refractivity contribution in [2.45, 2.75) is 12.5 Å². The highest BCUT2D eigenvalue weighted by atomic mass is 19.1. The third-order valence-corrected chi connectivity index (χ3v) is 4.34. The van der Waals surface area contributed by atoms with Gasteiger partial charge in [0.05, 0.1) is 19.8 Å². The molecule has 5 heteroatoms. The van der Waals surface area contributed by atoms with E-state index >= 15 is 0 Å².